The van der Waals surface area contributed by atoms with Crippen LogP contribution in [-0.2, 0) is 12.1 Å². The second-order valence-electron chi connectivity index (χ2n) is 7.20. The Hall–Kier alpha value is -2.23. The molecule has 128 valence electrons. The molecule has 0 amide bonds. The number of nitrogens with zero attached hydrogens (tertiary/aromatic N) is 2. The molecule has 1 fully saturated rings. The number of rotatable bonds is 3. The standard InChI is InChI=1S/C22H24N2O/c1-17-4-7-20(8-5-17)22(25)10-13-24(14-11-22)16-18-6-9-21-19(15-18)3-2-12-23-21/h2-9,12,15,25H,10-11,13-14,16H2,1H3. The van der Waals surface area contributed by atoms with Crippen molar-refractivity contribution in [3.8, 4) is 0 Å². The minimum atomic E-state index is -0.683. The summed E-state index contributed by atoms with van der Waals surface area (Å²) in [7, 11) is 0. The molecule has 0 spiro atoms. The maximum absolute atomic E-state index is 11.0. The van der Waals surface area contributed by atoms with Crippen LogP contribution in [0.5, 0.6) is 0 Å². The van der Waals surface area contributed by atoms with Gasteiger partial charge >= 0.3 is 0 Å². The number of hydrogen-bond acceptors (Lipinski definition) is 3. The molecule has 2 aromatic carbocycles. The van der Waals surface area contributed by atoms with Crippen molar-refractivity contribution in [1.82, 2.24) is 9.88 Å². The van der Waals surface area contributed by atoms with Gasteiger partial charge in [0.25, 0.3) is 0 Å². The lowest BCUT2D eigenvalue weighted by molar-refractivity contribution is -0.0277. The first-order valence-corrected chi connectivity index (χ1v) is 8.98. The maximum Gasteiger partial charge on any atom is 0.0920 e. The minimum absolute atomic E-state index is 0.683. The van der Waals surface area contributed by atoms with Crippen LogP contribution in [0.2, 0.25) is 0 Å². The zero-order valence-corrected chi connectivity index (χ0v) is 14.7. The van der Waals surface area contributed by atoms with Gasteiger partial charge < -0.3 is 5.11 Å². The highest BCUT2D eigenvalue weighted by atomic mass is 16.3. The van der Waals surface area contributed by atoms with Crippen LogP contribution < -0.4 is 0 Å². The third kappa shape index (κ3) is 3.44. The third-order valence-electron chi connectivity index (χ3n) is 5.35. The van der Waals surface area contributed by atoms with Gasteiger partial charge in [-0.05, 0) is 49.1 Å². The van der Waals surface area contributed by atoms with E-state index in [1.54, 1.807) is 0 Å². The molecule has 3 heteroatoms. The van der Waals surface area contributed by atoms with Crippen LogP contribution in [-0.4, -0.2) is 28.1 Å². The van der Waals surface area contributed by atoms with Crippen molar-refractivity contribution >= 4 is 10.9 Å². The van der Waals surface area contributed by atoms with Crippen LogP contribution in [0.15, 0.2) is 60.8 Å². The lowest BCUT2D eigenvalue weighted by atomic mass is 9.84. The van der Waals surface area contributed by atoms with E-state index in [0.717, 1.165) is 43.6 Å². The van der Waals surface area contributed by atoms with E-state index in [1.165, 1.54) is 16.5 Å². The van der Waals surface area contributed by atoms with E-state index in [0.29, 0.717) is 0 Å². The van der Waals surface area contributed by atoms with Crippen LogP contribution in [0.1, 0.15) is 29.5 Å². The van der Waals surface area contributed by atoms with Crippen molar-refractivity contribution in [1.29, 1.82) is 0 Å². The largest absolute Gasteiger partial charge is 0.385 e. The van der Waals surface area contributed by atoms with Crippen LogP contribution >= 0.6 is 0 Å². The lowest BCUT2D eigenvalue weighted by Gasteiger charge is -2.38. The highest BCUT2D eigenvalue weighted by Crippen LogP contribution is 2.33. The number of fused-ring (bicyclic) bond motifs is 1. The van der Waals surface area contributed by atoms with Crippen LogP contribution in [0, 0.1) is 6.92 Å². The van der Waals surface area contributed by atoms with Crippen molar-refractivity contribution in [2.75, 3.05) is 13.1 Å². The molecule has 3 aromatic rings. The predicted molar refractivity (Wildman–Crippen MR) is 101 cm³/mol. The SMILES string of the molecule is Cc1ccc(C2(O)CCN(Cc3ccc4ncccc4c3)CC2)cc1. The molecule has 0 bridgehead atoms. The van der Waals surface area contributed by atoms with Gasteiger partial charge in [0.1, 0.15) is 0 Å². The second kappa shape index (κ2) is 6.58. The highest BCUT2D eigenvalue weighted by molar-refractivity contribution is 5.78. The van der Waals surface area contributed by atoms with E-state index in [2.05, 4.69) is 65.3 Å². The summed E-state index contributed by atoms with van der Waals surface area (Å²) in [5.74, 6) is 0. The molecule has 1 N–H and O–H groups in total. The number of hydrogen-bond donors (Lipinski definition) is 1. The van der Waals surface area contributed by atoms with Gasteiger partial charge in [-0.2, -0.15) is 0 Å². The molecule has 1 saturated heterocycles. The van der Waals surface area contributed by atoms with Crippen molar-refractivity contribution < 1.29 is 5.11 Å². The number of likely N-dealkylation sites (tertiary alicyclic amines) is 1. The van der Waals surface area contributed by atoms with Crippen molar-refractivity contribution in [2.45, 2.75) is 31.9 Å². The summed E-state index contributed by atoms with van der Waals surface area (Å²) in [4.78, 5) is 6.81. The smallest absolute Gasteiger partial charge is 0.0920 e. The number of benzene rings is 2. The summed E-state index contributed by atoms with van der Waals surface area (Å²) < 4.78 is 0. The summed E-state index contributed by atoms with van der Waals surface area (Å²) in [6, 6.07) is 18.9. The molecule has 0 saturated carbocycles. The van der Waals surface area contributed by atoms with Crippen LogP contribution in [0.4, 0.5) is 0 Å². The van der Waals surface area contributed by atoms with Gasteiger partial charge in [-0.3, -0.25) is 9.88 Å². The van der Waals surface area contributed by atoms with E-state index < -0.39 is 5.60 Å². The Kier molecular flexibility index (Phi) is 4.28. The Morgan fingerprint density at radius 3 is 2.56 bits per heavy atom. The summed E-state index contributed by atoms with van der Waals surface area (Å²) in [5.41, 5.74) is 3.95. The van der Waals surface area contributed by atoms with E-state index >= 15 is 0 Å². The Labute approximate surface area is 148 Å². The van der Waals surface area contributed by atoms with E-state index in [-0.39, 0.29) is 0 Å². The molecule has 4 rings (SSSR count). The molecule has 0 aliphatic carbocycles. The second-order valence-corrected chi connectivity index (χ2v) is 7.20. The Morgan fingerprint density at radius 2 is 1.80 bits per heavy atom. The zero-order chi connectivity index (χ0) is 17.3. The highest BCUT2D eigenvalue weighted by Gasteiger charge is 2.33. The Bertz CT molecular complexity index is 865. The lowest BCUT2D eigenvalue weighted by Crippen LogP contribution is -2.42. The molecule has 1 aromatic heterocycles. The molecule has 1 aliphatic heterocycles. The normalized spacial score (nSPS) is 17.7. The molecular formula is C22H24N2O. The Morgan fingerprint density at radius 1 is 1.04 bits per heavy atom. The van der Waals surface area contributed by atoms with Crippen molar-refractivity contribution in [3.05, 3.63) is 77.5 Å². The summed E-state index contributed by atoms with van der Waals surface area (Å²) >= 11 is 0. The van der Waals surface area contributed by atoms with Gasteiger partial charge in [0, 0.05) is 31.2 Å². The fourth-order valence-corrected chi connectivity index (χ4v) is 3.72. The molecule has 0 unspecified atom stereocenters. The first-order valence-electron chi connectivity index (χ1n) is 8.98. The monoisotopic (exact) mass is 332 g/mol. The van der Waals surface area contributed by atoms with Gasteiger partial charge in [0.15, 0.2) is 0 Å². The quantitative estimate of drug-likeness (QED) is 0.787. The van der Waals surface area contributed by atoms with Gasteiger partial charge in [-0.15, -0.1) is 0 Å². The van der Waals surface area contributed by atoms with E-state index in [9.17, 15) is 5.11 Å². The number of aliphatic hydroxyl groups is 1. The molecule has 0 radical (unpaired) electrons. The van der Waals surface area contributed by atoms with Gasteiger partial charge in [-0.1, -0.05) is 42.0 Å². The van der Waals surface area contributed by atoms with E-state index in [1.807, 2.05) is 12.3 Å². The molecule has 0 atom stereocenters. The topological polar surface area (TPSA) is 36.4 Å². The minimum Gasteiger partial charge on any atom is -0.385 e. The molecular weight excluding hydrogens is 308 g/mol. The van der Waals surface area contributed by atoms with Gasteiger partial charge in [0.05, 0.1) is 11.1 Å². The average molecular weight is 332 g/mol. The number of aromatic nitrogens is 1. The zero-order valence-electron chi connectivity index (χ0n) is 14.7. The fourth-order valence-electron chi connectivity index (χ4n) is 3.72. The van der Waals surface area contributed by atoms with Crippen LogP contribution in [0.25, 0.3) is 10.9 Å². The fraction of sp³-hybridized carbons (Fsp3) is 0.318. The van der Waals surface area contributed by atoms with Crippen LogP contribution in [0.3, 0.4) is 0 Å². The molecule has 25 heavy (non-hydrogen) atoms. The first kappa shape index (κ1) is 16.2. The third-order valence-corrected chi connectivity index (χ3v) is 5.35. The Balaban J connectivity index is 1.43. The summed E-state index contributed by atoms with van der Waals surface area (Å²) in [6.07, 6.45) is 3.40. The number of piperidine rings is 1. The van der Waals surface area contributed by atoms with Gasteiger partial charge in [0.2, 0.25) is 0 Å². The summed E-state index contributed by atoms with van der Waals surface area (Å²) in [5, 5.41) is 12.2. The number of aryl methyl sites for hydroxylation is 1. The molecule has 1 aliphatic rings. The van der Waals surface area contributed by atoms with Gasteiger partial charge in [-0.25, -0.2) is 0 Å². The first-order chi connectivity index (χ1) is 12.1. The van der Waals surface area contributed by atoms with Crippen molar-refractivity contribution in [2.24, 2.45) is 0 Å². The average Bonchev–Trinajstić information content (AvgIpc) is 2.64. The predicted octanol–water partition coefficient (Wildman–Crippen LogP) is 4.03. The van der Waals surface area contributed by atoms with Crippen molar-refractivity contribution in [3.63, 3.8) is 0 Å². The maximum atomic E-state index is 11.0. The molecule has 3 nitrogen and oxygen atoms in total. The molecule has 2 heterocycles. The van der Waals surface area contributed by atoms with E-state index in [4.69, 9.17) is 0 Å². The summed E-state index contributed by atoms with van der Waals surface area (Å²) in [6.45, 7) is 4.83. The number of pyridine rings is 1.